The zero-order chi connectivity index (χ0) is 14.9. The third-order valence-electron chi connectivity index (χ3n) is 2.68. The molecule has 0 saturated heterocycles. The average Bonchev–Trinajstić information content (AvgIpc) is 2.33. The van der Waals surface area contributed by atoms with E-state index in [0.29, 0.717) is 11.4 Å². The molecule has 1 aromatic heterocycles. The van der Waals surface area contributed by atoms with Crippen LogP contribution in [-0.2, 0) is 10.0 Å². The van der Waals surface area contributed by atoms with E-state index < -0.39 is 20.7 Å². The summed E-state index contributed by atoms with van der Waals surface area (Å²) >= 11 is 0. The Morgan fingerprint density at radius 2 is 1.95 bits per heavy atom. The van der Waals surface area contributed by atoms with Gasteiger partial charge in [-0.3, -0.25) is 9.71 Å². The van der Waals surface area contributed by atoms with E-state index in [1.165, 1.54) is 25.3 Å². The van der Waals surface area contributed by atoms with Crippen LogP contribution >= 0.6 is 0 Å². The zero-order valence-electron chi connectivity index (χ0n) is 11.0. The number of anilines is 2. The fourth-order valence-corrected chi connectivity index (χ4v) is 3.01. The molecule has 7 heteroatoms. The Kier molecular flexibility index (Phi) is 3.63. The summed E-state index contributed by atoms with van der Waals surface area (Å²) in [4.78, 5) is 3.49. The molecule has 0 radical (unpaired) electrons. The second-order valence-electron chi connectivity index (χ2n) is 4.44. The highest BCUT2D eigenvalue weighted by Gasteiger charge is 2.21. The van der Waals surface area contributed by atoms with Crippen molar-refractivity contribution in [2.45, 2.75) is 18.7 Å². The number of rotatable bonds is 3. The van der Waals surface area contributed by atoms with Crippen LogP contribution in [0.2, 0.25) is 0 Å². The van der Waals surface area contributed by atoms with Gasteiger partial charge in [0.2, 0.25) is 0 Å². The summed E-state index contributed by atoms with van der Waals surface area (Å²) in [5, 5.41) is 0. The summed E-state index contributed by atoms with van der Waals surface area (Å²) in [7, 11) is -4.04. The summed E-state index contributed by atoms with van der Waals surface area (Å²) in [6.45, 7) is 3.18. The predicted octanol–water partition coefficient (Wildman–Crippen LogP) is 2.22. The largest absolute Gasteiger partial charge is 0.399 e. The van der Waals surface area contributed by atoms with Crippen molar-refractivity contribution in [3.8, 4) is 0 Å². The Morgan fingerprint density at radius 3 is 2.60 bits per heavy atom. The molecule has 106 valence electrons. The van der Waals surface area contributed by atoms with Gasteiger partial charge in [0.1, 0.15) is 10.7 Å². The van der Waals surface area contributed by atoms with Gasteiger partial charge in [0, 0.05) is 17.6 Å². The molecule has 0 bridgehead atoms. The molecule has 1 aromatic carbocycles. The number of benzene rings is 1. The number of nitrogen functional groups attached to an aromatic ring is 1. The summed E-state index contributed by atoms with van der Waals surface area (Å²) in [6, 6.07) is 5.51. The first-order valence-corrected chi connectivity index (χ1v) is 7.29. The number of sulfonamides is 1. The highest BCUT2D eigenvalue weighted by molar-refractivity contribution is 7.92. The first-order valence-electron chi connectivity index (χ1n) is 5.81. The van der Waals surface area contributed by atoms with Gasteiger partial charge in [-0.1, -0.05) is 0 Å². The number of hydrogen-bond donors (Lipinski definition) is 2. The normalized spacial score (nSPS) is 11.3. The van der Waals surface area contributed by atoms with E-state index in [9.17, 15) is 12.8 Å². The molecule has 0 amide bonds. The Bertz CT molecular complexity index is 760. The van der Waals surface area contributed by atoms with Gasteiger partial charge in [0.05, 0.1) is 5.69 Å². The molecule has 0 unspecified atom stereocenters. The van der Waals surface area contributed by atoms with Crippen LogP contribution in [0.1, 0.15) is 11.3 Å². The van der Waals surface area contributed by atoms with E-state index >= 15 is 0 Å². The molecular weight excluding hydrogens is 281 g/mol. The third-order valence-corrected chi connectivity index (χ3v) is 4.06. The summed E-state index contributed by atoms with van der Waals surface area (Å²) < 4.78 is 40.7. The smallest absolute Gasteiger partial charge is 0.264 e. The van der Waals surface area contributed by atoms with Crippen molar-refractivity contribution in [2.24, 2.45) is 0 Å². The van der Waals surface area contributed by atoms with Crippen molar-refractivity contribution >= 4 is 21.4 Å². The van der Waals surface area contributed by atoms with Crippen LogP contribution in [0.15, 0.2) is 35.4 Å². The first-order chi connectivity index (χ1) is 9.29. The Hall–Kier alpha value is -2.15. The number of pyridine rings is 1. The van der Waals surface area contributed by atoms with Gasteiger partial charge in [0.15, 0.2) is 0 Å². The topological polar surface area (TPSA) is 85.1 Å². The number of halogens is 1. The van der Waals surface area contributed by atoms with Crippen molar-refractivity contribution in [3.05, 3.63) is 47.5 Å². The first kappa shape index (κ1) is 14.3. The number of nitrogens with zero attached hydrogens (tertiary/aromatic N) is 1. The lowest BCUT2D eigenvalue weighted by molar-refractivity contribution is 0.565. The molecular formula is C13H14FN3O2S. The summed E-state index contributed by atoms with van der Waals surface area (Å²) in [5.74, 6) is -0.808. The minimum absolute atomic E-state index is 0.177. The summed E-state index contributed by atoms with van der Waals surface area (Å²) in [6.07, 6.45) is 1.47. The van der Waals surface area contributed by atoms with E-state index in [1.54, 1.807) is 13.0 Å². The van der Waals surface area contributed by atoms with Crippen LogP contribution < -0.4 is 10.5 Å². The Morgan fingerprint density at radius 1 is 1.25 bits per heavy atom. The highest BCUT2D eigenvalue weighted by atomic mass is 32.2. The van der Waals surface area contributed by atoms with E-state index in [1.807, 2.05) is 0 Å². The monoisotopic (exact) mass is 295 g/mol. The number of nitrogens with two attached hydrogens (primary N) is 1. The lowest BCUT2D eigenvalue weighted by Crippen LogP contribution is -2.15. The second kappa shape index (κ2) is 5.09. The van der Waals surface area contributed by atoms with Crippen LogP contribution in [0.4, 0.5) is 15.8 Å². The SMILES string of the molecule is Cc1cc(NS(=O)(=O)c2cc(N)cc(C)c2F)ccn1. The zero-order valence-corrected chi connectivity index (χ0v) is 11.8. The lowest BCUT2D eigenvalue weighted by Gasteiger charge is -2.11. The van der Waals surface area contributed by atoms with Gasteiger partial charge in [-0.15, -0.1) is 0 Å². The van der Waals surface area contributed by atoms with E-state index in [2.05, 4.69) is 9.71 Å². The number of nitrogens with one attached hydrogen (secondary N) is 1. The fraction of sp³-hybridized carbons (Fsp3) is 0.154. The quantitative estimate of drug-likeness (QED) is 0.850. The summed E-state index contributed by atoms with van der Waals surface area (Å²) in [5.41, 5.74) is 6.90. The molecule has 0 aliphatic rings. The molecule has 0 aliphatic carbocycles. The number of aryl methyl sites for hydroxylation is 2. The van der Waals surface area contributed by atoms with Gasteiger partial charge in [-0.2, -0.15) is 0 Å². The maximum absolute atomic E-state index is 14.0. The Labute approximate surface area is 116 Å². The van der Waals surface area contributed by atoms with Crippen molar-refractivity contribution in [1.82, 2.24) is 4.98 Å². The van der Waals surface area contributed by atoms with E-state index in [0.717, 1.165) is 6.07 Å². The molecule has 0 atom stereocenters. The minimum Gasteiger partial charge on any atom is -0.399 e. The van der Waals surface area contributed by atoms with Gasteiger partial charge in [-0.25, -0.2) is 12.8 Å². The van der Waals surface area contributed by atoms with Gasteiger partial charge < -0.3 is 5.73 Å². The van der Waals surface area contributed by atoms with Crippen LogP contribution in [0.25, 0.3) is 0 Å². The standard InChI is InChI=1S/C13H14FN3O2S/c1-8-5-10(15)7-12(13(8)14)20(18,19)17-11-3-4-16-9(2)6-11/h3-7H,15H2,1-2H3,(H,16,17). The molecule has 3 N–H and O–H groups in total. The maximum atomic E-state index is 14.0. The number of aromatic nitrogens is 1. The average molecular weight is 295 g/mol. The molecule has 0 aliphatic heterocycles. The van der Waals surface area contributed by atoms with Crippen molar-refractivity contribution in [2.75, 3.05) is 10.5 Å². The molecule has 2 aromatic rings. The molecule has 0 spiro atoms. The molecule has 0 saturated carbocycles. The van der Waals surface area contributed by atoms with Gasteiger partial charge in [-0.05, 0) is 43.7 Å². The van der Waals surface area contributed by atoms with Crippen LogP contribution in [-0.4, -0.2) is 13.4 Å². The predicted molar refractivity (Wildman–Crippen MR) is 75.3 cm³/mol. The minimum atomic E-state index is -4.04. The highest BCUT2D eigenvalue weighted by Crippen LogP contribution is 2.23. The second-order valence-corrected chi connectivity index (χ2v) is 6.09. The molecule has 1 heterocycles. The molecule has 2 rings (SSSR count). The van der Waals surface area contributed by atoms with Gasteiger partial charge in [0.25, 0.3) is 10.0 Å². The lowest BCUT2D eigenvalue weighted by atomic mass is 10.2. The molecule has 0 fully saturated rings. The maximum Gasteiger partial charge on any atom is 0.264 e. The molecule has 5 nitrogen and oxygen atoms in total. The van der Waals surface area contributed by atoms with Crippen LogP contribution in [0.3, 0.4) is 0 Å². The van der Waals surface area contributed by atoms with Crippen molar-refractivity contribution in [1.29, 1.82) is 0 Å². The number of hydrogen-bond acceptors (Lipinski definition) is 4. The molecule has 20 heavy (non-hydrogen) atoms. The third kappa shape index (κ3) is 2.88. The van der Waals surface area contributed by atoms with E-state index in [4.69, 9.17) is 5.73 Å². The van der Waals surface area contributed by atoms with Crippen LogP contribution in [0.5, 0.6) is 0 Å². The van der Waals surface area contributed by atoms with Crippen molar-refractivity contribution in [3.63, 3.8) is 0 Å². The van der Waals surface area contributed by atoms with E-state index in [-0.39, 0.29) is 11.3 Å². The fourth-order valence-electron chi connectivity index (χ4n) is 1.78. The Balaban J connectivity index is 2.46. The van der Waals surface area contributed by atoms with Crippen LogP contribution in [0, 0.1) is 19.7 Å². The van der Waals surface area contributed by atoms with Gasteiger partial charge >= 0.3 is 0 Å². The van der Waals surface area contributed by atoms with Crippen molar-refractivity contribution < 1.29 is 12.8 Å².